The van der Waals surface area contributed by atoms with E-state index in [9.17, 15) is 14.9 Å². The highest BCUT2D eigenvalue weighted by atomic mass is 16.6. The number of hydrogen-bond donors (Lipinski definition) is 1. The van der Waals surface area contributed by atoms with Crippen molar-refractivity contribution in [1.82, 2.24) is 14.9 Å². The first-order valence-electron chi connectivity index (χ1n) is 6.39. The van der Waals surface area contributed by atoms with Gasteiger partial charge in [0.05, 0.1) is 10.8 Å². The highest BCUT2D eigenvalue weighted by Gasteiger charge is 2.25. The number of hydrogen-bond acceptors (Lipinski definition) is 5. The van der Waals surface area contributed by atoms with Crippen molar-refractivity contribution >= 4 is 11.6 Å². The number of carbonyl (C=O) groups is 1. The number of aromatic nitrogens is 3. The second kappa shape index (κ2) is 6.12. The number of nitro benzene ring substituents is 1. The third-order valence-corrected chi connectivity index (χ3v) is 3.07. The number of nitrogens with one attached hydrogen (secondary N) is 1. The summed E-state index contributed by atoms with van der Waals surface area (Å²) < 4.78 is 1.36. The van der Waals surface area contributed by atoms with Gasteiger partial charge in [0, 0.05) is 12.1 Å². The van der Waals surface area contributed by atoms with Crippen LogP contribution in [0.4, 0.5) is 5.69 Å². The first-order valence-corrected chi connectivity index (χ1v) is 6.39. The van der Waals surface area contributed by atoms with E-state index in [1.54, 1.807) is 12.1 Å². The molecule has 0 aliphatic heterocycles. The summed E-state index contributed by atoms with van der Waals surface area (Å²) in [5.74, 6) is -0.616. The molecule has 0 aliphatic rings. The van der Waals surface area contributed by atoms with Crippen molar-refractivity contribution in [1.29, 1.82) is 0 Å². The first kappa shape index (κ1) is 14.6. The molecule has 0 spiro atoms. The average Bonchev–Trinajstić information content (AvgIpc) is 2.91. The number of nitro groups is 1. The van der Waals surface area contributed by atoms with Gasteiger partial charge in [-0.3, -0.25) is 20.3 Å². The van der Waals surface area contributed by atoms with Gasteiger partial charge in [-0.05, 0) is 11.5 Å². The lowest BCUT2D eigenvalue weighted by molar-refractivity contribution is -0.384. The highest BCUT2D eigenvalue weighted by Crippen LogP contribution is 2.26. The van der Waals surface area contributed by atoms with E-state index in [4.69, 9.17) is 0 Å². The quantitative estimate of drug-likeness (QED) is 0.666. The maximum Gasteiger partial charge on any atom is 0.269 e. The summed E-state index contributed by atoms with van der Waals surface area (Å²) in [7, 11) is 0. The molecule has 1 atom stereocenters. The maximum atomic E-state index is 12.3. The van der Waals surface area contributed by atoms with Gasteiger partial charge in [0.15, 0.2) is 0 Å². The summed E-state index contributed by atoms with van der Waals surface area (Å²) in [6, 6.07) is 6.01. The number of carbonyl (C=O) groups excluding carboxylic acids is 1. The summed E-state index contributed by atoms with van der Waals surface area (Å²) >= 11 is 0. The topological polar surface area (TPSA) is 103 Å². The molecule has 1 aromatic heterocycles. The minimum atomic E-state index is -0.467. The lowest BCUT2D eigenvalue weighted by Crippen LogP contribution is -2.30. The van der Waals surface area contributed by atoms with Crippen LogP contribution < -0.4 is 5.43 Å². The standard InChI is InChI=1S/C13H15N5O3/c1-9(2)12(13(19)16-17-7-14-15-8-17)10-3-5-11(6-4-10)18(20)21/h3-9,12H,1-2H3,(H,16,19)/t12-/m0/s1. The average molecular weight is 289 g/mol. The molecular weight excluding hydrogens is 274 g/mol. The van der Waals surface area contributed by atoms with Gasteiger partial charge in [0.1, 0.15) is 12.7 Å². The molecule has 0 saturated carbocycles. The van der Waals surface area contributed by atoms with E-state index in [1.807, 2.05) is 13.8 Å². The van der Waals surface area contributed by atoms with Crippen LogP contribution in [0.1, 0.15) is 25.3 Å². The Morgan fingerprint density at radius 2 is 1.81 bits per heavy atom. The lowest BCUT2D eigenvalue weighted by atomic mass is 9.88. The molecule has 110 valence electrons. The largest absolute Gasteiger partial charge is 0.273 e. The molecule has 0 radical (unpaired) electrons. The van der Waals surface area contributed by atoms with Gasteiger partial charge in [0.25, 0.3) is 5.69 Å². The third kappa shape index (κ3) is 3.41. The van der Waals surface area contributed by atoms with Crippen LogP contribution in [-0.4, -0.2) is 25.7 Å². The van der Waals surface area contributed by atoms with Crippen LogP contribution in [0.15, 0.2) is 36.9 Å². The minimum absolute atomic E-state index is 0.000439. The van der Waals surface area contributed by atoms with Gasteiger partial charge < -0.3 is 0 Å². The fraction of sp³-hybridized carbons (Fsp3) is 0.308. The highest BCUT2D eigenvalue weighted by molar-refractivity contribution is 5.90. The zero-order chi connectivity index (χ0) is 15.4. The van der Waals surface area contributed by atoms with Gasteiger partial charge in [-0.25, -0.2) is 4.68 Å². The van der Waals surface area contributed by atoms with Gasteiger partial charge in [-0.15, -0.1) is 10.2 Å². The number of benzene rings is 1. The zero-order valence-corrected chi connectivity index (χ0v) is 11.6. The Kier molecular flexibility index (Phi) is 4.27. The fourth-order valence-corrected chi connectivity index (χ4v) is 2.10. The minimum Gasteiger partial charge on any atom is -0.273 e. The SMILES string of the molecule is CC(C)[C@H](C(=O)Nn1cnnc1)c1ccc([N+](=O)[O-])cc1. The predicted molar refractivity (Wildman–Crippen MR) is 75.1 cm³/mol. The van der Waals surface area contributed by atoms with Crippen molar-refractivity contribution in [2.75, 3.05) is 5.43 Å². The maximum absolute atomic E-state index is 12.3. The van der Waals surface area contributed by atoms with Crippen LogP contribution in [-0.2, 0) is 4.79 Å². The number of amides is 1. The number of non-ortho nitro benzene ring substituents is 1. The summed E-state index contributed by atoms with van der Waals surface area (Å²) in [5, 5.41) is 17.9. The Morgan fingerprint density at radius 1 is 1.24 bits per heavy atom. The van der Waals surface area contributed by atoms with E-state index in [0.29, 0.717) is 0 Å². The van der Waals surface area contributed by atoms with E-state index in [0.717, 1.165) is 5.56 Å². The predicted octanol–water partition coefficient (Wildman–Crippen LogP) is 1.70. The number of nitrogens with zero attached hydrogens (tertiary/aromatic N) is 4. The summed E-state index contributed by atoms with van der Waals surface area (Å²) in [4.78, 5) is 22.6. The molecule has 0 bridgehead atoms. The van der Waals surface area contributed by atoms with Crippen molar-refractivity contribution in [3.05, 3.63) is 52.6 Å². The van der Waals surface area contributed by atoms with Crippen LogP contribution in [0.25, 0.3) is 0 Å². The molecule has 0 unspecified atom stereocenters. The molecule has 2 rings (SSSR count). The second-order valence-electron chi connectivity index (χ2n) is 4.92. The molecule has 21 heavy (non-hydrogen) atoms. The van der Waals surface area contributed by atoms with Crippen molar-refractivity contribution in [2.45, 2.75) is 19.8 Å². The molecule has 0 fully saturated rings. The molecule has 1 aromatic carbocycles. The lowest BCUT2D eigenvalue weighted by Gasteiger charge is -2.20. The Bertz CT molecular complexity index is 622. The van der Waals surface area contributed by atoms with Gasteiger partial charge >= 0.3 is 0 Å². The molecule has 1 amide bonds. The molecule has 8 heteroatoms. The van der Waals surface area contributed by atoms with Crippen molar-refractivity contribution in [3.63, 3.8) is 0 Å². The Labute approximate surface area is 120 Å². The van der Waals surface area contributed by atoms with Crippen LogP contribution >= 0.6 is 0 Å². The molecule has 8 nitrogen and oxygen atoms in total. The Morgan fingerprint density at radius 3 is 2.29 bits per heavy atom. The summed E-state index contributed by atoms with van der Waals surface area (Å²) in [5.41, 5.74) is 3.38. The van der Waals surface area contributed by atoms with Crippen LogP contribution in [0.2, 0.25) is 0 Å². The molecule has 1 N–H and O–H groups in total. The first-order chi connectivity index (χ1) is 9.99. The molecular formula is C13H15N5O3. The van der Waals surface area contributed by atoms with Crippen molar-refractivity contribution in [2.24, 2.45) is 5.92 Å². The van der Waals surface area contributed by atoms with Crippen LogP contribution in [0.5, 0.6) is 0 Å². The second-order valence-corrected chi connectivity index (χ2v) is 4.92. The van der Waals surface area contributed by atoms with Gasteiger partial charge in [0.2, 0.25) is 5.91 Å². The number of rotatable bonds is 5. The van der Waals surface area contributed by atoms with Gasteiger partial charge in [-0.1, -0.05) is 26.0 Å². The van der Waals surface area contributed by atoms with Crippen LogP contribution in [0, 0.1) is 16.0 Å². The molecule has 0 aliphatic carbocycles. The fourth-order valence-electron chi connectivity index (χ4n) is 2.10. The zero-order valence-electron chi connectivity index (χ0n) is 11.6. The monoisotopic (exact) mass is 289 g/mol. The summed E-state index contributed by atoms with van der Waals surface area (Å²) in [6.07, 6.45) is 2.76. The van der Waals surface area contributed by atoms with Gasteiger partial charge in [-0.2, -0.15) is 0 Å². The Balaban J connectivity index is 2.22. The smallest absolute Gasteiger partial charge is 0.269 e. The Hall–Kier alpha value is -2.77. The molecule has 2 aromatic rings. The van der Waals surface area contributed by atoms with Crippen molar-refractivity contribution in [3.8, 4) is 0 Å². The van der Waals surface area contributed by atoms with E-state index in [2.05, 4.69) is 15.6 Å². The van der Waals surface area contributed by atoms with Crippen molar-refractivity contribution < 1.29 is 9.72 Å². The van der Waals surface area contributed by atoms with E-state index in [1.165, 1.54) is 29.5 Å². The normalized spacial score (nSPS) is 12.1. The van der Waals surface area contributed by atoms with E-state index < -0.39 is 10.8 Å². The van der Waals surface area contributed by atoms with E-state index >= 15 is 0 Å². The van der Waals surface area contributed by atoms with Crippen LogP contribution in [0.3, 0.4) is 0 Å². The van der Waals surface area contributed by atoms with E-state index in [-0.39, 0.29) is 17.5 Å². The third-order valence-electron chi connectivity index (χ3n) is 3.07. The molecule has 0 saturated heterocycles. The summed E-state index contributed by atoms with van der Waals surface area (Å²) in [6.45, 7) is 3.83. The molecule has 1 heterocycles.